The van der Waals surface area contributed by atoms with Crippen molar-refractivity contribution < 1.29 is 9.53 Å². The smallest absolute Gasteiger partial charge is 0.257 e. The molecule has 6 N–H and O–H groups in total. The van der Waals surface area contributed by atoms with Crippen molar-refractivity contribution in [2.24, 2.45) is 23.7 Å². The van der Waals surface area contributed by atoms with Crippen LogP contribution in [0.25, 0.3) is 11.0 Å². The van der Waals surface area contributed by atoms with E-state index in [4.69, 9.17) is 21.3 Å². The Labute approximate surface area is 191 Å². The molecule has 0 unspecified atom stereocenters. The molecule has 9 heteroatoms. The third-order valence-electron chi connectivity index (χ3n) is 5.15. The Hall–Kier alpha value is -4.53. The number of hydrogen-bond donors (Lipinski definition) is 4. The predicted molar refractivity (Wildman–Crippen MR) is 129 cm³/mol. The van der Waals surface area contributed by atoms with E-state index in [1.165, 1.54) is 0 Å². The zero-order chi connectivity index (χ0) is 23.2. The van der Waals surface area contributed by atoms with E-state index in [2.05, 4.69) is 15.7 Å². The van der Waals surface area contributed by atoms with Gasteiger partial charge in [0.15, 0.2) is 0 Å². The van der Waals surface area contributed by atoms with Crippen LogP contribution in [0.3, 0.4) is 0 Å². The second kappa shape index (κ2) is 9.73. The van der Waals surface area contributed by atoms with Crippen molar-refractivity contribution in [1.29, 1.82) is 0 Å². The number of carbonyl (C=O) groups excluding carboxylic acids is 1. The quantitative estimate of drug-likeness (QED) is 0.150. The summed E-state index contributed by atoms with van der Waals surface area (Å²) >= 11 is 0. The van der Waals surface area contributed by atoms with E-state index in [0.29, 0.717) is 18.7 Å². The molecule has 0 radical (unpaired) electrons. The molecule has 4 rings (SSSR count). The maximum Gasteiger partial charge on any atom is 0.257 e. The summed E-state index contributed by atoms with van der Waals surface area (Å²) in [7, 11) is 1.96. The number of aromatic nitrogens is 2. The van der Waals surface area contributed by atoms with E-state index in [0.717, 1.165) is 33.9 Å². The van der Waals surface area contributed by atoms with Gasteiger partial charge < -0.3 is 26.2 Å². The number of amides is 1. The summed E-state index contributed by atoms with van der Waals surface area (Å²) in [6, 6.07) is 23.1. The maximum absolute atomic E-state index is 12.0. The predicted octanol–water partition coefficient (Wildman–Crippen LogP) is 2.68. The van der Waals surface area contributed by atoms with E-state index < -0.39 is 0 Å². The van der Waals surface area contributed by atoms with Crippen molar-refractivity contribution >= 4 is 28.8 Å². The molecule has 0 atom stereocenters. The van der Waals surface area contributed by atoms with Gasteiger partial charge in [0.1, 0.15) is 12.4 Å². The first-order valence-corrected chi connectivity index (χ1v) is 10.3. The maximum atomic E-state index is 12.0. The molecule has 0 aliphatic carbocycles. The molecule has 0 fully saturated rings. The van der Waals surface area contributed by atoms with Gasteiger partial charge in [-0.3, -0.25) is 10.1 Å². The molecular formula is C24H25N7O2. The third kappa shape index (κ3) is 5.21. The Morgan fingerprint density at radius 3 is 2.55 bits per heavy atom. The van der Waals surface area contributed by atoms with E-state index in [1.807, 2.05) is 72.3 Å². The minimum Gasteiger partial charge on any atom is -0.489 e. The zero-order valence-corrected chi connectivity index (χ0v) is 18.2. The van der Waals surface area contributed by atoms with Gasteiger partial charge in [0.05, 0.1) is 11.0 Å². The van der Waals surface area contributed by atoms with E-state index in [9.17, 15) is 4.79 Å². The Balaban J connectivity index is 1.40. The largest absolute Gasteiger partial charge is 0.489 e. The van der Waals surface area contributed by atoms with Gasteiger partial charge in [-0.2, -0.15) is 0 Å². The van der Waals surface area contributed by atoms with Crippen LogP contribution in [0.1, 0.15) is 21.5 Å². The van der Waals surface area contributed by atoms with Gasteiger partial charge in [0.2, 0.25) is 11.9 Å². The number of hydrazone groups is 1. The summed E-state index contributed by atoms with van der Waals surface area (Å²) in [5, 5.41) is 8.96. The van der Waals surface area contributed by atoms with Crippen molar-refractivity contribution in [3.63, 3.8) is 0 Å². The Morgan fingerprint density at radius 2 is 1.82 bits per heavy atom. The molecule has 9 nitrogen and oxygen atoms in total. The molecule has 0 aliphatic heterocycles. The number of imidazole rings is 1. The van der Waals surface area contributed by atoms with E-state index in [1.54, 1.807) is 12.1 Å². The second-order valence-electron chi connectivity index (χ2n) is 7.44. The summed E-state index contributed by atoms with van der Waals surface area (Å²) in [6.07, 6.45) is 0. The van der Waals surface area contributed by atoms with Crippen LogP contribution in [0.5, 0.6) is 5.75 Å². The number of nitrogens with two attached hydrogens (primary N) is 2. The standard InChI is InChI=1S/C24H25N7O2/c1-31-21-12-11-19(33-15-17-5-3-2-4-6-17)13-20(21)28-24(31)27-14-16-7-9-18(10-8-16)22(32)29-23(25)30-26/h2-13H,14-15,26H2,1H3,(H,27,28)(H3,25,29,30,32). The minimum atomic E-state index is -0.373. The number of nitrogens with zero attached hydrogens (tertiary/aromatic N) is 3. The molecule has 168 valence electrons. The van der Waals surface area contributed by atoms with Gasteiger partial charge in [0.25, 0.3) is 5.91 Å². The van der Waals surface area contributed by atoms with Crippen LogP contribution in [0.4, 0.5) is 5.95 Å². The van der Waals surface area contributed by atoms with Crippen LogP contribution < -0.4 is 26.9 Å². The second-order valence-corrected chi connectivity index (χ2v) is 7.44. The molecule has 0 bridgehead atoms. The van der Waals surface area contributed by atoms with Crippen LogP contribution >= 0.6 is 0 Å². The Bertz CT molecular complexity index is 1280. The molecule has 0 saturated carbocycles. The SMILES string of the molecule is Cn1c(NCc2ccc(C(=O)N/C(N)=N/N)cc2)nc2cc(OCc3ccccc3)ccc21. The molecule has 0 saturated heterocycles. The van der Waals surface area contributed by atoms with Gasteiger partial charge in [-0.15, -0.1) is 5.10 Å². The van der Waals surface area contributed by atoms with Crippen LogP contribution in [0, 0.1) is 0 Å². The van der Waals surface area contributed by atoms with Gasteiger partial charge in [0, 0.05) is 25.2 Å². The number of benzene rings is 3. The summed E-state index contributed by atoms with van der Waals surface area (Å²) < 4.78 is 7.91. The highest BCUT2D eigenvalue weighted by molar-refractivity contribution is 6.05. The highest BCUT2D eigenvalue weighted by Crippen LogP contribution is 2.24. The fourth-order valence-electron chi connectivity index (χ4n) is 3.34. The molecular weight excluding hydrogens is 418 g/mol. The number of ether oxygens (including phenoxy) is 1. The van der Waals surface area contributed by atoms with Gasteiger partial charge in [-0.05, 0) is 35.4 Å². The number of anilines is 1. The van der Waals surface area contributed by atoms with Crippen molar-refractivity contribution in [3.05, 3.63) is 89.5 Å². The van der Waals surface area contributed by atoms with Crippen LogP contribution in [-0.4, -0.2) is 21.4 Å². The first kappa shape index (κ1) is 21.7. The molecule has 1 aromatic heterocycles. The van der Waals surface area contributed by atoms with Gasteiger partial charge in [-0.1, -0.05) is 42.5 Å². The molecule has 33 heavy (non-hydrogen) atoms. The molecule has 0 aliphatic rings. The topological polar surface area (TPSA) is 133 Å². The lowest BCUT2D eigenvalue weighted by Gasteiger charge is -2.08. The van der Waals surface area contributed by atoms with Gasteiger partial charge >= 0.3 is 0 Å². The Morgan fingerprint density at radius 1 is 1.06 bits per heavy atom. The zero-order valence-electron chi connectivity index (χ0n) is 18.2. The number of guanidine groups is 1. The lowest BCUT2D eigenvalue weighted by molar-refractivity contribution is 0.0976. The normalized spacial score (nSPS) is 11.4. The minimum absolute atomic E-state index is 0.138. The fraction of sp³-hybridized carbons (Fsp3) is 0.125. The molecule has 3 aromatic carbocycles. The van der Waals surface area contributed by atoms with Crippen molar-refractivity contribution in [1.82, 2.24) is 14.9 Å². The number of aryl methyl sites for hydroxylation is 1. The average Bonchev–Trinajstić information content (AvgIpc) is 3.17. The lowest BCUT2D eigenvalue weighted by atomic mass is 10.1. The molecule has 4 aromatic rings. The Kier molecular flexibility index (Phi) is 6.40. The number of nitrogens with one attached hydrogen (secondary N) is 2. The summed E-state index contributed by atoms with van der Waals surface area (Å²) in [5.74, 6) is 6.02. The summed E-state index contributed by atoms with van der Waals surface area (Å²) in [5.41, 5.74) is 9.82. The number of fused-ring (bicyclic) bond motifs is 1. The first-order valence-electron chi connectivity index (χ1n) is 10.3. The van der Waals surface area contributed by atoms with Crippen LogP contribution in [0.2, 0.25) is 0 Å². The van der Waals surface area contributed by atoms with Crippen molar-refractivity contribution in [3.8, 4) is 5.75 Å². The molecule has 1 amide bonds. The summed E-state index contributed by atoms with van der Waals surface area (Å²) in [4.78, 5) is 16.7. The highest BCUT2D eigenvalue weighted by Gasteiger charge is 2.10. The number of rotatable bonds is 7. The fourth-order valence-corrected chi connectivity index (χ4v) is 3.34. The summed E-state index contributed by atoms with van der Waals surface area (Å²) in [6.45, 7) is 1.05. The highest BCUT2D eigenvalue weighted by atomic mass is 16.5. The van der Waals surface area contributed by atoms with Crippen LogP contribution in [0.15, 0.2) is 77.9 Å². The van der Waals surface area contributed by atoms with Crippen LogP contribution in [-0.2, 0) is 20.2 Å². The molecule has 1 heterocycles. The third-order valence-corrected chi connectivity index (χ3v) is 5.15. The van der Waals surface area contributed by atoms with Gasteiger partial charge in [-0.25, -0.2) is 4.98 Å². The number of hydrogen-bond acceptors (Lipinski definition) is 6. The monoisotopic (exact) mass is 443 g/mol. The molecule has 0 spiro atoms. The average molecular weight is 444 g/mol. The van der Waals surface area contributed by atoms with E-state index in [-0.39, 0.29) is 11.9 Å². The van der Waals surface area contributed by atoms with Crippen molar-refractivity contribution in [2.75, 3.05) is 5.32 Å². The number of carbonyl (C=O) groups is 1. The first-order chi connectivity index (χ1) is 16.0. The van der Waals surface area contributed by atoms with E-state index >= 15 is 0 Å². The lowest BCUT2D eigenvalue weighted by Crippen LogP contribution is -2.37. The van der Waals surface area contributed by atoms with Crippen molar-refractivity contribution in [2.45, 2.75) is 13.2 Å².